The Bertz CT molecular complexity index is 866. The quantitative estimate of drug-likeness (QED) is 0.698. The van der Waals surface area contributed by atoms with Crippen LogP contribution in [0.25, 0.3) is 10.8 Å². The Labute approximate surface area is 152 Å². The van der Waals surface area contributed by atoms with Crippen molar-refractivity contribution in [2.75, 3.05) is 26.2 Å². The van der Waals surface area contributed by atoms with E-state index in [1.807, 2.05) is 22.4 Å². The normalized spacial score (nSPS) is 16.9. The molecule has 25 heavy (non-hydrogen) atoms. The first-order valence-electron chi connectivity index (χ1n) is 8.78. The van der Waals surface area contributed by atoms with E-state index >= 15 is 0 Å². The number of rotatable bonds is 3. The fourth-order valence-electron chi connectivity index (χ4n) is 3.55. The third-order valence-corrected chi connectivity index (χ3v) is 5.99. The first kappa shape index (κ1) is 16.3. The van der Waals surface area contributed by atoms with Crippen LogP contribution >= 0.6 is 11.3 Å². The molecule has 4 heteroatoms. The van der Waals surface area contributed by atoms with Gasteiger partial charge in [0, 0.05) is 32.2 Å². The van der Waals surface area contributed by atoms with Gasteiger partial charge in [0.25, 0.3) is 5.91 Å². The molecular formula is C21H22N2OS. The van der Waals surface area contributed by atoms with E-state index in [9.17, 15) is 4.79 Å². The number of benzene rings is 2. The van der Waals surface area contributed by atoms with Gasteiger partial charge in [-0.15, -0.1) is 11.3 Å². The Morgan fingerprint density at radius 2 is 1.72 bits per heavy atom. The molecule has 0 saturated carbocycles. The molecule has 0 aliphatic carbocycles. The molecule has 1 fully saturated rings. The number of carbonyl (C=O) groups excluding carboxylic acids is 1. The number of fused-ring (bicyclic) bond motifs is 1. The summed E-state index contributed by atoms with van der Waals surface area (Å²) in [5, 5.41) is 4.54. The van der Waals surface area contributed by atoms with E-state index in [-0.39, 0.29) is 5.91 Å². The average Bonchev–Trinajstić information content (AvgIpc) is 3.21. The highest BCUT2D eigenvalue weighted by atomic mass is 32.1. The lowest BCUT2D eigenvalue weighted by Gasteiger charge is -2.38. The topological polar surface area (TPSA) is 23.6 Å². The van der Waals surface area contributed by atoms with Gasteiger partial charge >= 0.3 is 0 Å². The molecule has 3 aromatic rings. The average molecular weight is 350 g/mol. The van der Waals surface area contributed by atoms with Crippen LogP contribution < -0.4 is 0 Å². The lowest BCUT2D eigenvalue weighted by Crippen LogP contribution is -2.49. The third kappa shape index (κ3) is 3.32. The molecule has 2 aromatic carbocycles. The number of nitrogens with zero attached hydrogens (tertiary/aromatic N) is 2. The van der Waals surface area contributed by atoms with Gasteiger partial charge in [-0.05, 0) is 40.8 Å². The van der Waals surface area contributed by atoms with Gasteiger partial charge in [-0.25, -0.2) is 0 Å². The van der Waals surface area contributed by atoms with Crippen molar-refractivity contribution in [2.45, 2.75) is 13.0 Å². The summed E-state index contributed by atoms with van der Waals surface area (Å²) in [7, 11) is 0. The van der Waals surface area contributed by atoms with Crippen molar-refractivity contribution >= 4 is 28.0 Å². The van der Waals surface area contributed by atoms with Crippen LogP contribution in [0.3, 0.4) is 0 Å². The second-order valence-electron chi connectivity index (χ2n) is 6.59. The minimum atomic E-state index is 0.174. The molecule has 1 unspecified atom stereocenters. The molecule has 1 aromatic heterocycles. The zero-order valence-electron chi connectivity index (χ0n) is 14.4. The molecule has 1 atom stereocenters. The molecule has 4 rings (SSSR count). The number of hydrogen-bond donors (Lipinski definition) is 0. The van der Waals surface area contributed by atoms with Crippen molar-refractivity contribution < 1.29 is 4.79 Å². The summed E-state index contributed by atoms with van der Waals surface area (Å²) < 4.78 is 0. The minimum absolute atomic E-state index is 0.174. The minimum Gasteiger partial charge on any atom is -0.335 e. The van der Waals surface area contributed by atoms with Gasteiger partial charge in [-0.2, -0.15) is 0 Å². The molecule has 2 heterocycles. The van der Waals surface area contributed by atoms with E-state index in [0.717, 1.165) is 31.1 Å². The Morgan fingerprint density at radius 3 is 2.44 bits per heavy atom. The van der Waals surface area contributed by atoms with E-state index in [1.165, 1.54) is 27.7 Å². The second kappa shape index (κ2) is 6.98. The van der Waals surface area contributed by atoms with Crippen molar-refractivity contribution in [3.05, 3.63) is 70.4 Å². The first-order chi connectivity index (χ1) is 12.2. The maximum atomic E-state index is 12.5. The maximum Gasteiger partial charge on any atom is 0.264 e. The molecule has 1 aliphatic rings. The first-order valence-corrected chi connectivity index (χ1v) is 9.66. The zero-order chi connectivity index (χ0) is 17.2. The van der Waals surface area contributed by atoms with E-state index in [1.54, 1.807) is 0 Å². The van der Waals surface area contributed by atoms with Gasteiger partial charge in [0.05, 0.1) is 4.88 Å². The van der Waals surface area contributed by atoms with Crippen LogP contribution in [0.5, 0.6) is 0 Å². The highest BCUT2D eigenvalue weighted by Gasteiger charge is 2.25. The third-order valence-electron chi connectivity index (χ3n) is 5.14. The lowest BCUT2D eigenvalue weighted by atomic mass is 10.0. The number of amides is 1. The highest BCUT2D eigenvalue weighted by Crippen LogP contribution is 2.26. The van der Waals surface area contributed by atoms with Crippen LogP contribution in [-0.4, -0.2) is 41.9 Å². The van der Waals surface area contributed by atoms with Gasteiger partial charge in [0.2, 0.25) is 0 Å². The number of carbonyl (C=O) groups is 1. The highest BCUT2D eigenvalue weighted by molar-refractivity contribution is 7.12. The van der Waals surface area contributed by atoms with Gasteiger partial charge in [0.15, 0.2) is 0 Å². The molecule has 0 radical (unpaired) electrons. The smallest absolute Gasteiger partial charge is 0.264 e. The van der Waals surface area contributed by atoms with Crippen molar-refractivity contribution in [3.8, 4) is 0 Å². The number of hydrogen-bond acceptors (Lipinski definition) is 3. The van der Waals surface area contributed by atoms with Gasteiger partial charge < -0.3 is 4.90 Å². The van der Waals surface area contributed by atoms with Crippen LogP contribution in [0.4, 0.5) is 0 Å². The summed E-state index contributed by atoms with van der Waals surface area (Å²) >= 11 is 1.52. The standard InChI is InChI=1S/C21H22N2OS/c1-16(18-9-8-17-5-2-3-6-19(17)15-18)22-10-12-23(13-11-22)21(24)20-7-4-14-25-20/h2-9,14-16H,10-13H2,1H3. The molecular weight excluding hydrogens is 328 g/mol. The monoisotopic (exact) mass is 350 g/mol. The molecule has 0 N–H and O–H groups in total. The Balaban J connectivity index is 1.43. The van der Waals surface area contributed by atoms with Crippen molar-refractivity contribution in [1.29, 1.82) is 0 Å². The fourth-order valence-corrected chi connectivity index (χ4v) is 4.24. The lowest BCUT2D eigenvalue weighted by molar-refractivity contribution is 0.0587. The molecule has 1 saturated heterocycles. The van der Waals surface area contributed by atoms with Crippen LogP contribution in [0.1, 0.15) is 28.2 Å². The van der Waals surface area contributed by atoms with Gasteiger partial charge in [-0.1, -0.05) is 42.5 Å². The van der Waals surface area contributed by atoms with Crippen molar-refractivity contribution in [3.63, 3.8) is 0 Å². The molecule has 3 nitrogen and oxygen atoms in total. The molecule has 128 valence electrons. The van der Waals surface area contributed by atoms with E-state index in [4.69, 9.17) is 0 Å². The van der Waals surface area contributed by atoms with Crippen LogP contribution in [0.15, 0.2) is 60.0 Å². The van der Waals surface area contributed by atoms with Crippen LogP contribution in [0, 0.1) is 0 Å². The van der Waals surface area contributed by atoms with E-state index in [2.05, 4.69) is 54.3 Å². The van der Waals surface area contributed by atoms with Crippen molar-refractivity contribution in [1.82, 2.24) is 9.80 Å². The Kier molecular flexibility index (Phi) is 4.55. The van der Waals surface area contributed by atoms with Gasteiger partial charge in [0.1, 0.15) is 0 Å². The predicted molar refractivity (Wildman–Crippen MR) is 104 cm³/mol. The van der Waals surface area contributed by atoms with E-state index in [0.29, 0.717) is 6.04 Å². The predicted octanol–water partition coefficient (Wildman–Crippen LogP) is 4.42. The fraction of sp³-hybridized carbons (Fsp3) is 0.286. The largest absolute Gasteiger partial charge is 0.335 e. The summed E-state index contributed by atoms with van der Waals surface area (Å²) in [5.41, 5.74) is 1.34. The zero-order valence-corrected chi connectivity index (χ0v) is 15.2. The van der Waals surface area contributed by atoms with Crippen LogP contribution in [0.2, 0.25) is 0 Å². The summed E-state index contributed by atoms with van der Waals surface area (Å²) in [5.74, 6) is 0.174. The van der Waals surface area contributed by atoms with Crippen LogP contribution in [-0.2, 0) is 0 Å². The summed E-state index contributed by atoms with van der Waals surface area (Å²) in [6, 6.07) is 19.4. The molecule has 1 aliphatic heterocycles. The van der Waals surface area contributed by atoms with Crippen molar-refractivity contribution in [2.24, 2.45) is 0 Å². The second-order valence-corrected chi connectivity index (χ2v) is 7.54. The Hall–Kier alpha value is -2.17. The van der Waals surface area contributed by atoms with E-state index < -0.39 is 0 Å². The molecule has 0 bridgehead atoms. The summed E-state index contributed by atoms with van der Waals surface area (Å²) in [6.07, 6.45) is 0. The summed E-state index contributed by atoms with van der Waals surface area (Å²) in [6.45, 7) is 5.71. The van der Waals surface area contributed by atoms with Gasteiger partial charge in [-0.3, -0.25) is 9.69 Å². The SMILES string of the molecule is CC(c1ccc2ccccc2c1)N1CCN(C(=O)c2cccs2)CC1. The Morgan fingerprint density at radius 1 is 0.960 bits per heavy atom. The summed E-state index contributed by atoms with van der Waals surface area (Å²) in [4.78, 5) is 17.8. The maximum absolute atomic E-state index is 12.5. The molecule has 0 spiro atoms. The molecule has 1 amide bonds. The number of thiophene rings is 1. The number of piperazine rings is 1.